The number of likely N-dealkylation sites (N-methyl/N-ethyl adjacent to an activating group) is 1. The Kier molecular flexibility index (Phi) is 10.9. The van der Waals surface area contributed by atoms with Gasteiger partial charge in [0.2, 0.25) is 5.95 Å². The van der Waals surface area contributed by atoms with Crippen molar-refractivity contribution in [2.75, 3.05) is 55.5 Å². The average molecular weight is 637 g/mol. The minimum Gasteiger partial charge on any atom is -0.495 e. The minimum atomic E-state index is -0.499. The molecule has 1 saturated carbocycles. The number of fused-ring (bicyclic) bond motifs is 1. The highest BCUT2D eigenvalue weighted by Gasteiger charge is 2.36. The van der Waals surface area contributed by atoms with Gasteiger partial charge in [0.1, 0.15) is 11.4 Å². The summed E-state index contributed by atoms with van der Waals surface area (Å²) in [6.45, 7) is 10.6. The number of piperidine rings is 1. The summed E-state index contributed by atoms with van der Waals surface area (Å²) < 4.78 is 17.2. The van der Waals surface area contributed by atoms with Gasteiger partial charge in [0.15, 0.2) is 11.6 Å². The van der Waals surface area contributed by atoms with Crippen molar-refractivity contribution in [3.63, 3.8) is 0 Å². The number of rotatable bonds is 11. The van der Waals surface area contributed by atoms with Crippen LogP contribution in [0.2, 0.25) is 0 Å². The smallest absolute Gasteiger partial charge is 0.410 e. The van der Waals surface area contributed by atoms with E-state index in [4.69, 9.17) is 19.2 Å². The number of hydrogen-bond acceptors (Lipinski definition) is 10. The van der Waals surface area contributed by atoms with Gasteiger partial charge in [-0.1, -0.05) is 19.8 Å². The largest absolute Gasteiger partial charge is 0.495 e. The number of carbonyl (C=O) groups is 2. The van der Waals surface area contributed by atoms with Gasteiger partial charge in [-0.3, -0.25) is 4.79 Å². The Balaban J connectivity index is 1.14. The van der Waals surface area contributed by atoms with Crippen LogP contribution in [0.4, 0.5) is 27.9 Å². The first-order valence-electron chi connectivity index (χ1n) is 17.0. The second-order valence-corrected chi connectivity index (χ2v) is 13.8. The van der Waals surface area contributed by atoms with Crippen molar-refractivity contribution < 1.29 is 23.8 Å². The summed E-state index contributed by atoms with van der Waals surface area (Å²) >= 11 is 0. The van der Waals surface area contributed by atoms with E-state index in [1.165, 1.54) is 25.7 Å². The lowest BCUT2D eigenvalue weighted by molar-refractivity contribution is -0.0119. The van der Waals surface area contributed by atoms with Gasteiger partial charge in [-0.05, 0) is 77.5 Å². The first-order valence-corrected chi connectivity index (χ1v) is 17.0. The summed E-state index contributed by atoms with van der Waals surface area (Å²) in [6.07, 6.45) is 10.3. The second kappa shape index (κ2) is 14.9. The van der Waals surface area contributed by atoms with Crippen LogP contribution in [-0.4, -0.2) is 90.9 Å². The zero-order valence-corrected chi connectivity index (χ0v) is 28.5. The number of aromatic nitrogens is 2. The second-order valence-electron chi connectivity index (χ2n) is 13.8. The van der Waals surface area contributed by atoms with E-state index >= 15 is 0 Å². The molecular formula is C35H52N6O5. The number of nitrogens with one attached hydrogen (secondary N) is 1. The maximum absolute atomic E-state index is 13.1. The maximum atomic E-state index is 13.1. The standard InChI is InChI=1S/C35H52N6O5/c1-7-25-23-39(5)29-22-36-33(38-32(29)41(25)26-11-8-9-12-26)37-28-15-14-24(21-31(28)44-6)30(42)13-10-20-45-27-16-18-40(19-17-27)34(43)46-35(2,3)4/h14-15,21-22,25-27H,7-13,16-20,23H2,1-6H3,(H,36,37,38)/t25-/m1/s1. The fourth-order valence-corrected chi connectivity index (χ4v) is 6.79. The molecule has 11 heteroatoms. The van der Waals surface area contributed by atoms with E-state index in [0.29, 0.717) is 67.6 Å². The van der Waals surface area contributed by atoms with Gasteiger partial charge in [0.25, 0.3) is 0 Å². The molecule has 0 bridgehead atoms. The number of carbonyl (C=O) groups excluding carboxylic acids is 2. The number of anilines is 4. The predicted molar refractivity (Wildman–Crippen MR) is 181 cm³/mol. The average Bonchev–Trinajstić information content (AvgIpc) is 3.57. The van der Waals surface area contributed by atoms with Gasteiger partial charge in [-0.2, -0.15) is 4.98 Å². The number of hydrogen-bond donors (Lipinski definition) is 1. The molecule has 46 heavy (non-hydrogen) atoms. The summed E-state index contributed by atoms with van der Waals surface area (Å²) in [6, 6.07) is 6.40. The van der Waals surface area contributed by atoms with Gasteiger partial charge < -0.3 is 34.2 Å². The molecule has 1 aromatic heterocycles. The molecule has 3 aliphatic rings. The lowest BCUT2D eigenvalue weighted by Gasteiger charge is -2.45. The molecule has 1 aliphatic carbocycles. The number of benzene rings is 1. The van der Waals surface area contributed by atoms with Crippen LogP contribution in [0.25, 0.3) is 0 Å². The van der Waals surface area contributed by atoms with Crippen LogP contribution in [0, 0.1) is 0 Å². The zero-order chi connectivity index (χ0) is 32.8. The zero-order valence-electron chi connectivity index (χ0n) is 28.5. The first-order chi connectivity index (χ1) is 22.1. The summed E-state index contributed by atoms with van der Waals surface area (Å²) in [5.41, 5.74) is 1.87. The van der Waals surface area contributed by atoms with Crippen LogP contribution in [-0.2, 0) is 9.47 Å². The predicted octanol–water partition coefficient (Wildman–Crippen LogP) is 6.59. The van der Waals surface area contributed by atoms with Crippen molar-refractivity contribution in [3.8, 4) is 5.75 Å². The minimum absolute atomic E-state index is 0.0408. The van der Waals surface area contributed by atoms with Gasteiger partial charge in [-0.25, -0.2) is 9.78 Å². The van der Waals surface area contributed by atoms with E-state index < -0.39 is 5.60 Å². The maximum Gasteiger partial charge on any atom is 0.410 e. The van der Waals surface area contributed by atoms with Crippen LogP contribution in [0.5, 0.6) is 5.75 Å². The van der Waals surface area contributed by atoms with Crippen LogP contribution in [0.1, 0.15) is 95.8 Å². The summed E-state index contributed by atoms with van der Waals surface area (Å²) in [5, 5.41) is 3.35. The van der Waals surface area contributed by atoms with Gasteiger partial charge in [0.05, 0.1) is 30.8 Å². The van der Waals surface area contributed by atoms with E-state index in [-0.39, 0.29) is 18.0 Å². The number of ether oxygens (including phenoxy) is 3. The molecule has 5 rings (SSSR count). The van der Waals surface area contributed by atoms with Crippen molar-refractivity contribution in [1.29, 1.82) is 0 Å². The van der Waals surface area contributed by atoms with Crippen molar-refractivity contribution in [2.45, 2.75) is 109 Å². The van der Waals surface area contributed by atoms with E-state index in [9.17, 15) is 9.59 Å². The van der Waals surface area contributed by atoms with Crippen molar-refractivity contribution in [3.05, 3.63) is 30.0 Å². The van der Waals surface area contributed by atoms with E-state index in [1.54, 1.807) is 18.1 Å². The summed E-state index contributed by atoms with van der Waals surface area (Å²) in [7, 11) is 3.72. The topological polar surface area (TPSA) is 109 Å². The number of nitrogens with zero attached hydrogens (tertiary/aromatic N) is 5. The molecule has 2 aromatic rings. The van der Waals surface area contributed by atoms with E-state index in [1.807, 2.05) is 39.1 Å². The van der Waals surface area contributed by atoms with E-state index in [2.05, 4.69) is 34.1 Å². The highest BCUT2D eigenvalue weighted by molar-refractivity contribution is 5.97. The van der Waals surface area contributed by atoms with Crippen LogP contribution >= 0.6 is 0 Å². The van der Waals surface area contributed by atoms with Crippen molar-refractivity contribution in [2.24, 2.45) is 0 Å². The van der Waals surface area contributed by atoms with Crippen LogP contribution < -0.4 is 19.9 Å². The Morgan fingerprint density at radius 3 is 2.50 bits per heavy atom. The molecule has 1 amide bonds. The van der Waals surface area contributed by atoms with Gasteiger partial charge in [0, 0.05) is 57.4 Å². The van der Waals surface area contributed by atoms with Gasteiger partial charge >= 0.3 is 6.09 Å². The van der Waals surface area contributed by atoms with Crippen LogP contribution in [0.3, 0.4) is 0 Å². The van der Waals surface area contributed by atoms with E-state index in [0.717, 1.165) is 37.3 Å². The Morgan fingerprint density at radius 1 is 1.09 bits per heavy atom. The molecule has 1 N–H and O–H groups in total. The number of amides is 1. The lowest BCUT2D eigenvalue weighted by atomic mass is 10.0. The monoisotopic (exact) mass is 636 g/mol. The molecule has 0 spiro atoms. The molecule has 0 unspecified atom stereocenters. The molecule has 1 aromatic carbocycles. The molecule has 2 fully saturated rings. The molecule has 2 aliphatic heterocycles. The molecule has 3 heterocycles. The fraction of sp³-hybridized carbons (Fsp3) is 0.657. The number of ketones is 1. The lowest BCUT2D eigenvalue weighted by Crippen LogP contribution is -2.52. The highest BCUT2D eigenvalue weighted by Crippen LogP contribution is 2.40. The molecular weight excluding hydrogens is 584 g/mol. The third-order valence-electron chi connectivity index (χ3n) is 9.24. The highest BCUT2D eigenvalue weighted by atomic mass is 16.6. The SMILES string of the molecule is CC[C@@H]1CN(C)c2cnc(Nc3ccc(C(=O)CCCOC4CCN(C(=O)OC(C)(C)C)CC4)cc3OC)nc2N1C1CCCC1. The third-order valence-corrected chi connectivity index (χ3v) is 9.24. The number of methoxy groups -OCH3 is 1. The molecule has 0 radical (unpaired) electrons. The normalized spacial score (nSPS) is 19.3. The van der Waals surface area contributed by atoms with Gasteiger partial charge in [-0.15, -0.1) is 0 Å². The molecule has 1 atom stereocenters. The first kappa shape index (κ1) is 33.8. The van der Waals surface area contributed by atoms with Crippen LogP contribution in [0.15, 0.2) is 24.4 Å². The summed E-state index contributed by atoms with van der Waals surface area (Å²) in [4.78, 5) is 41.6. The Bertz CT molecular complexity index is 1350. The third kappa shape index (κ3) is 8.21. The molecule has 11 nitrogen and oxygen atoms in total. The quantitative estimate of drug-likeness (QED) is 0.214. The number of Topliss-reactive ketones (excluding diaryl/α,β-unsaturated/α-hetero) is 1. The molecule has 252 valence electrons. The number of likely N-dealkylation sites (tertiary alicyclic amines) is 1. The Morgan fingerprint density at radius 2 is 1.83 bits per heavy atom. The molecule has 1 saturated heterocycles. The summed E-state index contributed by atoms with van der Waals surface area (Å²) in [5.74, 6) is 2.11. The fourth-order valence-electron chi connectivity index (χ4n) is 6.79. The Labute approximate surface area is 274 Å². The van der Waals surface area contributed by atoms with Crippen molar-refractivity contribution >= 4 is 35.0 Å². The van der Waals surface area contributed by atoms with Crippen molar-refractivity contribution in [1.82, 2.24) is 14.9 Å². The Hall–Kier alpha value is -3.60.